The van der Waals surface area contributed by atoms with Crippen LogP contribution in [0, 0.1) is 0 Å². The molecule has 0 spiro atoms. The molecule has 0 bridgehead atoms. The Bertz CT molecular complexity index is 223. The van der Waals surface area contributed by atoms with Crippen LogP contribution in [0.15, 0.2) is 18.5 Å². The van der Waals surface area contributed by atoms with Crippen molar-refractivity contribution in [2.75, 3.05) is 7.11 Å². The summed E-state index contributed by atoms with van der Waals surface area (Å²) in [4.78, 5) is 4.03. The molecule has 0 aliphatic rings. The molecular formula is C11H19NO. The second-order valence-corrected chi connectivity index (χ2v) is 2.44. The Hall–Kier alpha value is -1.05. The van der Waals surface area contributed by atoms with Crippen molar-refractivity contribution in [2.45, 2.75) is 33.6 Å². The molecule has 0 N–H and O–H groups in total. The number of hydrogen-bond donors (Lipinski definition) is 0. The molecule has 0 saturated heterocycles. The van der Waals surface area contributed by atoms with Crippen LogP contribution in [0.5, 0.6) is 5.75 Å². The van der Waals surface area contributed by atoms with Crippen LogP contribution in [0.3, 0.4) is 0 Å². The average Bonchev–Trinajstić information content (AvgIpc) is 2.22. The topological polar surface area (TPSA) is 22.1 Å². The Kier molecular flexibility index (Phi) is 6.98. The quantitative estimate of drug-likeness (QED) is 0.715. The zero-order chi connectivity index (χ0) is 10.1. The lowest BCUT2D eigenvalue weighted by molar-refractivity contribution is 0.408. The number of aromatic nitrogens is 1. The van der Waals surface area contributed by atoms with Gasteiger partial charge in [0.2, 0.25) is 0 Å². The molecule has 0 atom stereocenters. The summed E-state index contributed by atoms with van der Waals surface area (Å²) in [5, 5.41) is 0. The largest absolute Gasteiger partial charge is 0.496 e. The van der Waals surface area contributed by atoms with Crippen LogP contribution in [-0.4, -0.2) is 12.1 Å². The van der Waals surface area contributed by atoms with Gasteiger partial charge in [0.1, 0.15) is 5.75 Å². The molecule has 0 aliphatic carbocycles. The normalized spacial score (nSPS) is 8.62. The summed E-state index contributed by atoms with van der Waals surface area (Å²) in [6, 6.07) is 1.89. The van der Waals surface area contributed by atoms with Gasteiger partial charge in [-0.3, -0.25) is 4.98 Å². The van der Waals surface area contributed by atoms with E-state index in [-0.39, 0.29) is 0 Å². The van der Waals surface area contributed by atoms with E-state index in [0.29, 0.717) is 0 Å². The van der Waals surface area contributed by atoms with E-state index in [4.69, 9.17) is 4.74 Å². The minimum Gasteiger partial charge on any atom is -0.496 e. The summed E-state index contributed by atoms with van der Waals surface area (Å²) in [7, 11) is 1.69. The average molecular weight is 181 g/mol. The number of aryl methyl sites for hydroxylation is 1. The number of nitrogens with zero attached hydrogens (tertiary/aromatic N) is 1. The van der Waals surface area contributed by atoms with Crippen molar-refractivity contribution in [3.05, 3.63) is 24.0 Å². The van der Waals surface area contributed by atoms with Crippen molar-refractivity contribution in [3.8, 4) is 5.75 Å². The summed E-state index contributed by atoms with van der Waals surface area (Å²) >= 11 is 0. The second kappa shape index (κ2) is 7.59. The molecule has 0 unspecified atom stereocenters. The molecule has 2 heteroatoms. The monoisotopic (exact) mass is 181 g/mol. The van der Waals surface area contributed by atoms with Crippen molar-refractivity contribution in [1.82, 2.24) is 4.98 Å². The molecular weight excluding hydrogens is 162 g/mol. The molecule has 1 aromatic heterocycles. The van der Waals surface area contributed by atoms with Gasteiger partial charge in [-0.25, -0.2) is 0 Å². The maximum Gasteiger partial charge on any atom is 0.125 e. The fraction of sp³-hybridized carbons (Fsp3) is 0.545. The van der Waals surface area contributed by atoms with Crippen molar-refractivity contribution >= 4 is 0 Å². The first-order chi connectivity index (χ1) is 6.38. The molecule has 1 rings (SSSR count). The molecule has 0 saturated carbocycles. The minimum atomic E-state index is 0.946. The maximum absolute atomic E-state index is 5.16. The fourth-order valence-corrected chi connectivity index (χ4v) is 1.07. The van der Waals surface area contributed by atoms with Crippen LogP contribution in [0.1, 0.15) is 32.8 Å². The summed E-state index contributed by atoms with van der Waals surface area (Å²) in [5.74, 6) is 0.946. The Labute approximate surface area is 81.0 Å². The highest BCUT2D eigenvalue weighted by Crippen LogP contribution is 2.16. The first-order valence-electron chi connectivity index (χ1n) is 4.85. The summed E-state index contributed by atoms with van der Waals surface area (Å²) in [6.07, 6.45) is 5.78. The Morgan fingerprint density at radius 3 is 2.62 bits per heavy atom. The zero-order valence-corrected chi connectivity index (χ0v) is 9.00. The van der Waals surface area contributed by atoms with Crippen LogP contribution < -0.4 is 4.74 Å². The Balaban J connectivity index is 0.000000671. The molecule has 0 radical (unpaired) electrons. The highest BCUT2D eigenvalue weighted by Gasteiger charge is 1.98. The van der Waals surface area contributed by atoms with Gasteiger partial charge in [0.15, 0.2) is 0 Å². The van der Waals surface area contributed by atoms with Gasteiger partial charge in [0.05, 0.1) is 7.11 Å². The van der Waals surface area contributed by atoms with E-state index in [1.54, 1.807) is 13.3 Å². The van der Waals surface area contributed by atoms with E-state index in [2.05, 4.69) is 11.9 Å². The smallest absolute Gasteiger partial charge is 0.125 e. The zero-order valence-electron chi connectivity index (χ0n) is 9.00. The van der Waals surface area contributed by atoms with Crippen LogP contribution in [-0.2, 0) is 6.42 Å². The molecule has 0 amide bonds. The fourth-order valence-electron chi connectivity index (χ4n) is 1.07. The third-order valence-corrected chi connectivity index (χ3v) is 1.60. The van der Waals surface area contributed by atoms with Crippen molar-refractivity contribution in [2.24, 2.45) is 0 Å². The van der Waals surface area contributed by atoms with Crippen molar-refractivity contribution < 1.29 is 4.74 Å². The van der Waals surface area contributed by atoms with Gasteiger partial charge in [-0.2, -0.15) is 0 Å². The molecule has 2 nitrogen and oxygen atoms in total. The lowest BCUT2D eigenvalue weighted by atomic mass is 10.1. The van der Waals surface area contributed by atoms with E-state index >= 15 is 0 Å². The van der Waals surface area contributed by atoms with Gasteiger partial charge < -0.3 is 4.74 Å². The highest BCUT2D eigenvalue weighted by molar-refractivity contribution is 5.29. The molecule has 0 fully saturated rings. The van der Waals surface area contributed by atoms with E-state index in [1.165, 1.54) is 5.56 Å². The first-order valence-corrected chi connectivity index (χ1v) is 4.85. The number of rotatable bonds is 3. The minimum absolute atomic E-state index is 0.946. The van der Waals surface area contributed by atoms with Gasteiger partial charge in [-0.1, -0.05) is 27.2 Å². The number of ether oxygens (including phenoxy) is 1. The molecule has 0 aromatic carbocycles. The van der Waals surface area contributed by atoms with Crippen molar-refractivity contribution in [3.63, 3.8) is 0 Å². The SMILES string of the molecule is CC.CCCc1cnccc1OC. The Morgan fingerprint density at radius 1 is 1.38 bits per heavy atom. The van der Waals surface area contributed by atoms with Crippen LogP contribution in [0.25, 0.3) is 0 Å². The summed E-state index contributed by atoms with van der Waals surface area (Å²) in [6.45, 7) is 6.15. The van der Waals surface area contributed by atoms with Gasteiger partial charge in [-0.05, 0) is 12.5 Å². The van der Waals surface area contributed by atoms with E-state index in [0.717, 1.165) is 18.6 Å². The molecule has 13 heavy (non-hydrogen) atoms. The lowest BCUT2D eigenvalue weighted by Gasteiger charge is -2.04. The lowest BCUT2D eigenvalue weighted by Crippen LogP contribution is -1.91. The van der Waals surface area contributed by atoms with Crippen molar-refractivity contribution in [1.29, 1.82) is 0 Å². The number of hydrogen-bond acceptors (Lipinski definition) is 2. The van der Waals surface area contributed by atoms with E-state index < -0.39 is 0 Å². The van der Waals surface area contributed by atoms with Gasteiger partial charge in [0.25, 0.3) is 0 Å². The van der Waals surface area contributed by atoms with Crippen LogP contribution in [0.2, 0.25) is 0 Å². The molecule has 1 heterocycles. The van der Waals surface area contributed by atoms with Crippen LogP contribution >= 0.6 is 0 Å². The predicted octanol–water partition coefficient (Wildman–Crippen LogP) is 3.07. The predicted molar refractivity (Wildman–Crippen MR) is 56.1 cm³/mol. The first kappa shape index (κ1) is 11.9. The summed E-state index contributed by atoms with van der Waals surface area (Å²) in [5.41, 5.74) is 1.19. The maximum atomic E-state index is 5.16. The van der Waals surface area contributed by atoms with Gasteiger partial charge >= 0.3 is 0 Å². The van der Waals surface area contributed by atoms with Gasteiger partial charge in [-0.15, -0.1) is 0 Å². The third-order valence-electron chi connectivity index (χ3n) is 1.60. The molecule has 0 aliphatic heterocycles. The molecule has 1 aromatic rings. The molecule has 74 valence electrons. The standard InChI is InChI=1S/C9H13NO.C2H6/c1-3-4-8-7-10-6-5-9(8)11-2;1-2/h5-7H,3-4H2,1-2H3;1-2H3. The number of pyridine rings is 1. The highest BCUT2D eigenvalue weighted by atomic mass is 16.5. The van der Waals surface area contributed by atoms with E-state index in [9.17, 15) is 0 Å². The second-order valence-electron chi connectivity index (χ2n) is 2.44. The van der Waals surface area contributed by atoms with E-state index in [1.807, 2.05) is 26.1 Å². The Morgan fingerprint density at radius 2 is 2.08 bits per heavy atom. The van der Waals surface area contributed by atoms with Crippen LogP contribution in [0.4, 0.5) is 0 Å². The summed E-state index contributed by atoms with van der Waals surface area (Å²) < 4.78 is 5.16. The van der Waals surface area contributed by atoms with Gasteiger partial charge in [0, 0.05) is 18.0 Å². The number of methoxy groups -OCH3 is 1. The third kappa shape index (κ3) is 3.92.